The number of anilines is 1. The summed E-state index contributed by atoms with van der Waals surface area (Å²) in [6.07, 6.45) is 3.07. The van der Waals surface area contributed by atoms with E-state index in [-0.39, 0.29) is 23.4 Å². The van der Waals surface area contributed by atoms with E-state index in [4.69, 9.17) is 0 Å². The van der Waals surface area contributed by atoms with Gasteiger partial charge >= 0.3 is 6.03 Å². The minimum atomic E-state index is -0.370. The van der Waals surface area contributed by atoms with Crippen LogP contribution in [-0.4, -0.2) is 27.9 Å². The van der Waals surface area contributed by atoms with Crippen LogP contribution in [0.3, 0.4) is 0 Å². The number of carbonyl (C=O) groups excluding carboxylic acids is 1. The van der Waals surface area contributed by atoms with Gasteiger partial charge in [0.15, 0.2) is 0 Å². The summed E-state index contributed by atoms with van der Waals surface area (Å²) in [7, 11) is 1.55. The molecule has 1 heterocycles. The van der Waals surface area contributed by atoms with Crippen LogP contribution >= 0.6 is 0 Å². The van der Waals surface area contributed by atoms with Gasteiger partial charge in [-0.15, -0.1) is 0 Å². The highest BCUT2D eigenvalue weighted by molar-refractivity contribution is 6.06. The molecule has 0 spiro atoms. The molecule has 0 bridgehead atoms. The van der Waals surface area contributed by atoms with Gasteiger partial charge in [0.1, 0.15) is 11.5 Å². The third-order valence-corrected chi connectivity index (χ3v) is 5.24. The fourth-order valence-electron chi connectivity index (χ4n) is 3.68. The van der Waals surface area contributed by atoms with E-state index in [1.165, 1.54) is 11.0 Å². The molecule has 2 aromatic carbocycles. The van der Waals surface area contributed by atoms with Crippen LogP contribution in [0.25, 0.3) is 16.6 Å². The van der Waals surface area contributed by atoms with E-state index in [1.54, 1.807) is 13.1 Å². The summed E-state index contributed by atoms with van der Waals surface area (Å²) in [5.41, 5.74) is 3.12. The molecule has 30 heavy (non-hydrogen) atoms. The molecule has 158 valence electrons. The zero-order chi connectivity index (χ0) is 22.0. The number of urea groups is 1. The maximum absolute atomic E-state index is 12.8. The van der Waals surface area contributed by atoms with Crippen LogP contribution in [0.5, 0.6) is 11.5 Å². The average Bonchev–Trinajstić information content (AvgIpc) is 3.10. The van der Waals surface area contributed by atoms with Crippen molar-refractivity contribution in [1.29, 1.82) is 0 Å². The van der Waals surface area contributed by atoms with Crippen molar-refractivity contribution in [3.8, 4) is 11.5 Å². The molecule has 6 heteroatoms. The maximum atomic E-state index is 12.8. The summed E-state index contributed by atoms with van der Waals surface area (Å²) in [4.78, 5) is 14.2. The topological polar surface area (TPSA) is 77.7 Å². The highest BCUT2D eigenvalue weighted by atomic mass is 16.3. The van der Waals surface area contributed by atoms with Crippen LogP contribution in [0.4, 0.5) is 10.5 Å². The van der Waals surface area contributed by atoms with E-state index in [9.17, 15) is 15.0 Å². The van der Waals surface area contributed by atoms with Gasteiger partial charge < -0.3 is 20.1 Å². The second-order valence-electron chi connectivity index (χ2n) is 7.67. The Bertz CT molecular complexity index is 1100. The number of hydrogen-bond acceptors (Lipinski definition) is 3. The molecular formula is C24H29N3O3. The molecule has 0 saturated heterocycles. The number of rotatable bonds is 6. The van der Waals surface area contributed by atoms with Gasteiger partial charge in [-0.25, -0.2) is 4.79 Å². The van der Waals surface area contributed by atoms with E-state index < -0.39 is 0 Å². The lowest BCUT2D eigenvalue weighted by Gasteiger charge is -2.26. The van der Waals surface area contributed by atoms with Crippen molar-refractivity contribution >= 4 is 28.3 Å². The van der Waals surface area contributed by atoms with Crippen molar-refractivity contribution in [2.45, 2.75) is 39.7 Å². The molecule has 1 aromatic heterocycles. The molecule has 3 rings (SSSR count). The van der Waals surface area contributed by atoms with Crippen LogP contribution in [0.2, 0.25) is 0 Å². The van der Waals surface area contributed by atoms with Crippen molar-refractivity contribution in [2.75, 3.05) is 11.9 Å². The number of carbonyl (C=O) groups is 1. The smallest absolute Gasteiger partial charge is 0.326 e. The number of nitrogens with one attached hydrogen (secondary N) is 1. The standard InChI is InChI=1S/C24H29N3O3/c1-6-10-26-11-9-17-12-18(7-8-21(17)26)27(24(30)25-5)16(4)20-13-19(15(2)3)22(28)14-23(20)29/h7-9,11-15,28-29H,4,6,10H2,1-3,5H3,(H,25,30). The molecule has 0 saturated carbocycles. The molecule has 0 radical (unpaired) electrons. The van der Waals surface area contributed by atoms with Gasteiger partial charge in [0, 0.05) is 42.3 Å². The molecule has 0 aliphatic carbocycles. The van der Waals surface area contributed by atoms with E-state index >= 15 is 0 Å². The lowest BCUT2D eigenvalue weighted by Crippen LogP contribution is -2.36. The number of aryl methyl sites for hydroxylation is 1. The molecule has 0 aliphatic heterocycles. The number of benzene rings is 2. The third kappa shape index (κ3) is 3.85. The van der Waals surface area contributed by atoms with Crippen LogP contribution < -0.4 is 10.2 Å². The van der Waals surface area contributed by atoms with Crippen LogP contribution in [0, 0.1) is 0 Å². The van der Waals surface area contributed by atoms with E-state index in [0.29, 0.717) is 22.5 Å². The van der Waals surface area contributed by atoms with Crippen molar-refractivity contribution in [1.82, 2.24) is 9.88 Å². The summed E-state index contributed by atoms with van der Waals surface area (Å²) in [6, 6.07) is 10.4. The van der Waals surface area contributed by atoms with Gasteiger partial charge in [-0.05, 0) is 48.2 Å². The number of aromatic nitrogens is 1. The number of hydrogen-bond donors (Lipinski definition) is 3. The molecule has 3 N–H and O–H groups in total. The van der Waals surface area contributed by atoms with Gasteiger partial charge in [0.05, 0.1) is 11.4 Å². The SMILES string of the molecule is C=C(c1cc(C(C)C)c(O)cc1O)N(C(=O)NC)c1ccc2c(ccn2CCC)c1. The van der Waals surface area contributed by atoms with Gasteiger partial charge in [-0.2, -0.15) is 0 Å². The first kappa shape index (κ1) is 21.3. The molecular weight excluding hydrogens is 378 g/mol. The van der Waals surface area contributed by atoms with Gasteiger partial charge in [-0.3, -0.25) is 4.90 Å². The Morgan fingerprint density at radius 1 is 1.17 bits per heavy atom. The number of nitrogens with zero attached hydrogens (tertiary/aromatic N) is 2. The Labute approximate surface area is 177 Å². The van der Waals surface area contributed by atoms with Gasteiger partial charge in [0.25, 0.3) is 0 Å². The Morgan fingerprint density at radius 2 is 1.90 bits per heavy atom. The quantitative estimate of drug-likeness (QED) is 0.512. The predicted octanol–water partition coefficient (Wildman–Crippen LogP) is 5.40. The highest BCUT2D eigenvalue weighted by Gasteiger charge is 2.23. The van der Waals surface area contributed by atoms with Crippen molar-refractivity contribution < 1.29 is 15.0 Å². The number of fused-ring (bicyclic) bond motifs is 1. The zero-order valence-electron chi connectivity index (χ0n) is 17.9. The number of phenols is 2. The second-order valence-corrected chi connectivity index (χ2v) is 7.67. The summed E-state index contributed by atoms with van der Waals surface area (Å²) in [6.45, 7) is 11.0. The number of aromatic hydroxyl groups is 2. The molecule has 0 aliphatic rings. The largest absolute Gasteiger partial charge is 0.508 e. The first-order valence-corrected chi connectivity index (χ1v) is 10.1. The Kier molecular flexibility index (Phi) is 6.06. The minimum Gasteiger partial charge on any atom is -0.508 e. The normalized spacial score (nSPS) is 11.1. The van der Waals surface area contributed by atoms with Crippen molar-refractivity contribution in [3.63, 3.8) is 0 Å². The van der Waals surface area contributed by atoms with E-state index in [0.717, 1.165) is 23.9 Å². The average molecular weight is 408 g/mol. The van der Waals surface area contributed by atoms with Crippen molar-refractivity contribution in [3.05, 3.63) is 60.3 Å². The van der Waals surface area contributed by atoms with Crippen LogP contribution in [0.15, 0.2) is 49.2 Å². The molecule has 0 atom stereocenters. The summed E-state index contributed by atoms with van der Waals surface area (Å²) in [5.74, 6) is -0.0736. The molecule has 2 amide bonds. The monoisotopic (exact) mass is 407 g/mol. The molecule has 0 fully saturated rings. The summed E-state index contributed by atoms with van der Waals surface area (Å²) >= 11 is 0. The zero-order valence-corrected chi connectivity index (χ0v) is 17.9. The first-order chi connectivity index (χ1) is 14.3. The molecule has 6 nitrogen and oxygen atoms in total. The lowest BCUT2D eigenvalue weighted by atomic mass is 9.97. The molecule has 3 aromatic rings. The van der Waals surface area contributed by atoms with Gasteiger partial charge in [-0.1, -0.05) is 27.4 Å². The van der Waals surface area contributed by atoms with Crippen molar-refractivity contribution in [2.24, 2.45) is 0 Å². The summed E-state index contributed by atoms with van der Waals surface area (Å²) < 4.78 is 2.18. The highest BCUT2D eigenvalue weighted by Crippen LogP contribution is 2.38. The lowest BCUT2D eigenvalue weighted by molar-refractivity contribution is 0.250. The molecule has 0 unspecified atom stereocenters. The third-order valence-electron chi connectivity index (χ3n) is 5.24. The number of phenolic OH excluding ortho intramolecular Hbond substituents is 2. The fraction of sp³-hybridized carbons (Fsp3) is 0.292. The van der Waals surface area contributed by atoms with E-state index in [1.807, 2.05) is 44.3 Å². The summed E-state index contributed by atoms with van der Waals surface area (Å²) in [5, 5.41) is 24.3. The van der Waals surface area contributed by atoms with E-state index in [2.05, 4.69) is 23.4 Å². The Hall–Kier alpha value is -3.41. The van der Waals surface area contributed by atoms with Crippen LogP contribution in [-0.2, 0) is 6.54 Å². The second kappa shape index (κ2) is 8.53. The first-order valence-electron chi connectivity index (χ1n) is 10.1. The maximum Gasteiger partial charge on any atom is 0.326 e. The minimum absolute atomic E-state index is 0.0178. The predicted molar refractivity (Wildman–Crippen MR) is 122 cm³/mol. The van der Waals surface area contributed by atoms with Crippen LogP contribution in [0.1, 0.15) is 44.2 Å². The number of amides is 2. The Balaban J connectivity index is 2.09. The fourth-order valence-corrected chi connectivity index (χ4v) is 3.68. The Morgan fingerprint density at radius 3 is 2.53 bits per heavy atom. The van der Waals surface area contributed by atoms with Gasteiger partial charge in [0.2, 0.25) is 0 Å².